The molecule has 6 N–H and O–H groups in total. The number of carbonyl (C=O) groups is 1. The number of amides is 1. The Balaban J connectivity index is 2.21. The van der Waals surface area contributed by atoms with E-state index in [0.29, 0.717) is 6.42 Å². The van der Waals surface area contributed by atoms with Crippen molar-refractivity contribution in [3.8, 4) is 0 Å². The Labute approximate surface area is 497 Å². The number of aliphatic hydroxyl groups excluding tert-OH is 5. The summed E-state index contributed by atoms with van der Waals surface area (Å²) in [6.45, 7) is 3.66. The van der Waals surface area contributed by atoms with E-state index in [2.05, 4.69) is 129 Å². The normalized spacial score (nSPS) is 19.2. The van der Waals surface area contributed by atoms with Gasteiger partial charge in [-0.3, -0.25) is 4.79 Å². The van der Waals surface area contributed by atoms with Crippen molar-refractivity contribution in [1.29, 1.82) is 0 Å². The molecule has 9 heteroatoms. The molecule has 9 nitrogen and oxygen atoms in total. The molecule has 1 aliphatic rings. The lowest BCUT2D eigenvalue weighted by Crippen LogP contribution is -2.60. The van der Waals surface area contributed by atoms with Gasteiger partial charge in [0.05, 0.1) is 25.4 Å². The predicted molar refractivity (Wildman–Crippen MR) is 345 cm³/mol. The highest BCUT2D eigenvalue weighted by Gasteiger charge is 2.44. The van der Waals surface area contributed by atoms with Crippen LogP contribution < -0.4 is 5.32 Å². The molecule has 464 valence electrons. The third kappa shape index (κ3) is 48.6. The van der Waals surface area contributed by atoms with Gasteiger partial charge in [0.2, 0.25) is 5.91 Å². The number of hydrogen-bond acceptors (Lipinski definition) is 8. The van der Waals surface area contributed by atoms with Gasteiger partial charge < -0.3 is 40.3 Å². The van der Waals surface area contributed by atoms with Crippen molar-refractivity contribution in [3.05, 3.63) is 122 Å². The zero-order chi connectivity index (χ0) is 58.6. The summed E-state index contributed by atoms with van der Waals surface area (Å²) in [6.07, 6.45) is 82.8. The Kier molecular flexibility index (Phi) is 55.8. The predicted octanol–water partition coefficient (Wildman–Crippen LogP) is 17.9. The van der Waals surface area contributed by atoms with E-state index < -0.39 is 49.5 Å². The maximum absolute atomic E-state index is 13.1. The number of carbonyl (C=O) groups excluding carboxylic acids is 1. The van der Waals surface area contributed by atoms with E-state index in [1.165, 1.54) is 148 Å². The van der Waals surface area contributed by atoms with Crippen LogP contribution in [0.3, 0.4) is 0 Å². The van der Waals surface area contributed by atoms with E-state index in [4.69, 9.17) is 9.47 Å². The molecule has 7 atom stereocenters. The topological polar surface area (TPSA) is 149 Å². The van der Waals surface area contributed by atoms with Crippen molar-refractivity contribution < 1.29 is 39.8 Å². The average molecular weight is 1130 g/mol. The molecular formula is C72H123NO8. The molecule has 0 saturated carbocycles. The lowest BCUT2D eigenvalue weighted by atomic mass is 9.99. The molecule has 1 amide bonds. The maximum atomic E-state index is 13.1. The van der Waals surface area contributed by atoms with E-state index in [1.54, 1.807) is 6.08 Å². The fraction of sp³-hybridized carbons (Fsp3) is 0.708. The summed E-state index contributed by atoms with van der Waals surface area (Å²) in [5.74, 6) is -0.197. The van der Waals surface area contributed by atoms with Crippen molar-refractivity contribution in [2.24, 2.45) is 0 Å². The highest BCUT2D eigenvalue weighted by Crippen LogP contribution is 2.23. The van der Waals surface area contributed by atoms with Crippen LogP contribution in [0.15, 0.2) is 122 Å². The lowest BCUT2D eigenvalue weighted by molar-refractivity contribution is -0.302. The molecule has 0 bridgehead atoms. The second kappa shape index (κ2) is 59.7. The van der Waals surface area contributed by atoms with Gasteiger partial charge in [0.15, 0.2) is 6.29 Å². The molecule has 1 saturated heterocycles. The van der Waals surface area contributed by atoms with Gasteiger partial charge in [-0.2, -0.15) is 0 Å². The molecule has 1 rings (SSSR count). The van der Waals surface area contributed by atoms with Crippen molar-refractivity contribution in [1.82, 2.24) is 5.32 Å². The Hall–Kier alpha value is -3.41. The molecule has 1 fully saturated rings. The zero-order valence-electron chi connectivity index (χ0n) is 51.7. The Morgan fingerprint density at radius 2 is 0.778 bits per heavy atom. The van der Waals surface area contributed by atoms with Crippen molar-refractivity contribution >= 4 is 5.91 Å². The molecule has 0 radical (unpaired) electrons. The van der Waals surface area contributed by atoms with Crippen LogP contribution in [0.5, 0.6) is 0 Å². The first-order valence-electron chi connectivity index (χ1n) is 33.3. The second-order valence-corrected chi connectivity index (χ2v) is 22.5. The highest BCUT2D eigenvalue weighted by molar-refractivity contribution is 5.76. The third-order valence-electron chi connectivity index (χ3n) is 15.0. The first-order valence-corrected chi connectivity index (χ1v) is 33.3. The van der Waals surface area contributed by atoms with Crippen molar-refractivity contribution in [2.75, 3.05) is 13.2 Å². The minimum Gasteiger partial charge on any atom is -0.394 e. The van der Waals surface area contributed by atoms with Crippen molar-refractivity contribution in [2.45, 2.75) is 314 Å². The van der Waals surface area contributed by atoms with Crippen LogP contribution in [-0.4, -0.2) is 87.5 Å². The molecule has 1 aliphatic heterocycles. The van der Waals surface area contributed by atoms with Crippen LogP contribution in [0.1, 0.15) is 271 Å². The number of aliphatic hydroxyl groups is 5. The smallest absolute Gasteiger partial charge is 0.220 e. The summed E-state index contributed by atoms with van der Waals surface area (Å²) < 4.78 is 11.3. The van der Waals surface area contributed by atoms with E-state index in [9.17, 15) is 30.3 Å². The van der Waals surface area contributed by atoms with E-state index >= 15 is 0 Å². The quantitative estimate of drug-likeness (QED) is 0.0261. The standard InChI is InChI=1S/C72H123NO8/c1-3-5-7-9-11-13-15-17-19-21-23-25-27-29-30-31-32-33-34-35-36-38-40-42-44-46-48-50-52-54-56-58-60-62-68(76)73-65(64-80-72-71(79)70(78)69(77)67(63-74)81-72)66(75)61-59-57-55-53-51-49-47-45-43-41-39-37-28-26-24-22-20-18-16-14-12-10-8-6-4-2/h5,7,11,13,17,19,23,25,29-30,32-33,35-36,43,45,51,53,59,61,65-67,69-72,74-75,77-79H,3-4,6,8-10,12,14-16,18,20-22,24,26-28,31,34,37-42,44,46-50,52,54-58,60,62-64H2,1-2H3,(H,73,76)/b7-5-,13-11-,19-17-,25-23-,30-29-,33-32-,36-35-,45-43+,53-51+,61-59+. The van der Waals surface area contributed by atoms with Gasteiger partial charge in [0.25, 0.3) is 0 Å². The van der Waals surface area contributed by atoms with Crippen LogP contribution in [0.2, 0.25) is 0 Å². The zero-order valence-corrected chi connectivity index (χ0v) is 51.7. The van der Waals surface area contributed by atoms with Crippen LogP contribution in [0.25, 0.3) is 0 Å². The van der Waals surface area contributed by atoms with Gasteiger partial charge in [0, 0.05) is 6.42 Å². The molecule has 0 aromatic rings. The molecule has 0 aromatic carbocycles. The summed E-state index contributed by atoms with van der Waals surface area (Å²) in [7, 11) is 0. The Bertz CT molecular complexity index is 1690. The summed E-state index contributed by atoms with van der Waals surface area (Å²) in [5.41, 5.74) is 0. The number of hydrogen-bond donors (Lipinski definition) is 6. The lowest BCUT2D eigenvalue weighted by Gasteiger charge is -2.40. The molecular weight excluding hydrogens is 1010 g/mol. The van der Waals surface area contributed by atoms with Crippen molar-refractivity contribution in [3.63, 3.8) is 0 Å². The van der Waals surface area contributed by atoms with Crippen LogP contribution in [0, 0.1) is 0 Å². The molecule has 0 spiro atoms. The second-order valence-electron chi connectivity index (χ2n) is 22.5. The van der Waals surface area contributed by atoms with Gasteiger partial charge in [-0.05, 0) is 103 Å². The van der Waals surface area contributed by atoms with Gasteiger partial charge >= 0.3 is 0 Å². The third-order valence-corrected chi connectivity index (χ3v) is 15.0. The largest absolute Gasteiger partial charge is 0.394 e. The fourth-order valence-corrected chi connectivity index (χ4v) is 9.82. The molecule has 0 aromatic heterocycles. The average Bonchev–Trinajstić information content (AvgIpc) is 3.50. The van der Waals surface area contributed by atoms with Gasteiger partial charge in [0.1, 0.15) is 24.4 Å². The van der Waals surface area contributed by atoms with Gasteiger partial charge in [-0.15, -0.1) is 0 Å². The van der Waals surface area contributed by atoms with E-state index in [0.717, 1.165) is 103 Å². The minimum absolute atomic E-state index is 0.197. The van der Waals surface area contributed by atoms with Gasteiger partial charge in [-0.1, -0.05) is 283 Å². The SMILES string of the molecule is CC/C=C\C/C=C\C/C=C\C/C=C\C/C=C\C/C=C\C/C=C\CCCCCCCCCCCCCC(=O)NC(COC1OC(CO)C(O)C(O)C1O)C(O)/C=C/CC/C=C/CC/C=C/CCCCCCCCCCCCCCCCC. The maximum Gasteiger partial charge on any atom is 0.220 e. The van der Waals surface area contributed by atoms with Crippen LogP contribution in [-0.2, 0) is 14.3 Å². The highest BCUT2D eigenvalue weighted by atomic mass is 16.7. The summed E-state index contributed by atoms with van der Waals surface area (Å²) in [6, 6.07) is -0.840. The Morgan fingerprint density at radius 1 is 0.432 bits per heavy atom. The number of ether oxygens (including phenoxy) is 2. The molecule has 7 unspecified atom stereocenters. The first-order chi connectivity index (χ1) is 39.8. The number of allylic oxidation sites excluding steroid dienone is 19. The Morgan fingerprint density at radius 3 is 1.19 bits per heavy atom. The molecule has 1 heterocycles. The molecule has 81 heavy (non-hydrogen) atoms. The van der Waals surface area contributed by atoms with Crippen LogP contribution in [0.4, 0.5) is 0 Å². The molecule has 0 aliphatic carbocycles. The fourth-order valence-electron chi connectivity index (χ4n) is 9.82. The monoisotopic (exact) mass is 1130 g/mol. The summed E-state index contributed by atoms with van der Waals surface area (Å²) >= 11 is 0. The minimum atomic E-state index is -1.58. The number of unbranched alkanes of at least 4 members (excludes halogenated alkanes) is 28. The van der Waals surface area contributed by atoms with E-state index in [1.807, 2.05) is 6.08 Å². The summed E-state index contributed by atoms with van der Waals surface area (Å²) in [4.78, 5) is 13.1. The first kappa shape index (κ1) is 75.6. The number of rotatable bonds is 56. The van der Waals surface area contributed by atoms with Gasteiger partial charge in [-0.25, -0.2) is 0 Å². The number of nitrogens with one attached hydrogen (secondary N) is 1. The van der Waals surface area contributed by atoms with E-state index in [-0.39, 0.29) is 12.5 Å². The summed E-state index contributed by atoms with van der Waals surface area (Å²) in [5, 5.41) is 54.7. The van der Waals surface area contributed by atoms with Crippen LogP contribution >= 0.6 is 0 Å².